The van der Waals surface area contributed by atoms with E-state index >= 15 is 0 Å². The number of hydrogen-bond donors (Lipinski definition) is 2. The Hall–Kier alpha value is -1.88. The molecule has 0 radical (unpaired) electrons. The normalized spacial score (nSPS) is 18.4. The second-order valence-electron chi connectivity index (χ2n) is 6.11. The van der Waals surface area contributed by atoms with Crippen LogP contribution in [0.4, 0.5) is 5.69 Å². The molecule has 2 N–H and O–H groups in total. The molecule has 1 atom stereocenters. The maximum Gasteiger partial charge on any atom is 0.228 e. The lowest BCUT2D eigenvalue weighted by atomic mass is 9.90. The monoisotopic (exact) mass is 289 g/mol. The standard InChI is InChI=1S/C16H23N3O2/c1-16(2,15(21)17-3)10-18-12-9-14(20)19(4)13-8-6-5-7-11(12)13/h5-8,12,18H,9-10H2,1-4H3,(H,17,21). The Morgan fingerprint density at radius 3 is 2.71 bits per heavy atom. The van der Waals surface area contributed by atoms with Gasteiger partial charge in [0.25, 0.3) is 0 Å². The van der Waals surface area contributed by atoms with E-state index in [4.69, 9.17) is 0 Å². The van der Waals surface area contributed by atoms with Crippen LogP contribution in [0.2, 0.25) is 0 Å². The summed E-state index contributed by atoms with van der Waals surface area (Å²) in [4.78, 5) is 25.6. The molecule has 114 valence electrons. The number of carbonyl (C=O) groups excluding carboxylic acids is 2. The zero-order chi connectivity index (χ0) is 15.6. The molecule has 0 bridgehead atoms. The maximum absolute atomic E-state index is 12.1. The van der Waals surface area contributed by atoms with Gasteiger partial charge in [-0.3, -0.25) is 9.59 Å². The van der Waals surface area contributed by atoms with Crippen molar-refractivity contribution < 1.29 is 9.59 Å². The number of anilines is 1. The highest BCUT2D eigenvalue weighted by Crippen LogP contribution is 2.33. The lowest BCUT2D eigenvalue weighted by molar-refractivity contribution is -0.128. The van der Waals surface area contributed by atoms with Crippen molar-refractivity contribution in [2.45, 2.75) is 26.3 Å². The molecule has 5 heteroatoms. The number of carbonyl (C=O) groups is 2. The van der Waals surface area contributed by atoms with Gasteiger partial charge in [0.15, 0.2) is 0 Å². The Kier molecular flexibility index (Phi) is 4.32. The number of hydrogen-bond acceptors (Lipinski definition) is 3. The van der Waals surface area contributed by atoms with Crippen LogP contribution < -0.4 is 15.5 Å². The molecule has 1 aromatic rings. The topological polar surface area (TPSA) is 61.4 Å². The molecule has 5 nitrogen and oxygen atoms in total. The molecule has 0 saturated heterocycles. The van der Waals surface area contributed by atoms with Crippen LogP contribution in [-0.2, 0) is 9.59 Å². The van der Waals surface area contributed by atoms with Crippen LogP contribution in [0.1, 0.15) is 31.9 Å². The molecule has 0 saturated carbocycles. The van der Waals surface area contributed by atoms with Crippen molar-refractivity contribution in [1.29, 1.82) is 0 Å². The molecule has 0 aliphatic carbocycles. The Morgan fingerprint density at radius 1 is 1.38 bits per heavy atom. The first-order valence-electron chi connectivity index (χ1n) is 7.18. The predicted octanol–water partition coefficient (Wildman–Crippen LogP) is 1.46. The average Bonchev–Trinajstić information content (AvgIpc) is 2.48. The number of amides is 2. The lowest BCUT2D eigenvalue weighted by Crippen LogP contribution is -2.45. The number of fused-ring (bicyclic) bond motifs is 1. The molecular formula is C16H23N3O2. The first kappa shape index (κ1) is 15.5. The summed E-state index contributed by atoms with van der Waals surface area (Å²) in [6.07, 6.45) is 0.414. The molecule has 2 amide bonds. The van der Waals surface area contributed by atoms with Crippen LogP contribution in [0.15, 0.2) is 24.3 Å². The van der Waals surface area contributed by atoms with E-state index in [1.807, 2.05) is 38.1 Å². The van der Waals surface area contributed by atoms with Gasteiger partial charge in [-0.2, -0.15) is 0 Å². The smallest absolute Gasteiger partial charge is 0.228 e. The Morgan fingerprint density at radius 2 is 2.05 bits per heavy atom. The molecule has 1 heterocycles. The summed E-state index contributed by atoms with van der Waals surface area (Å²) >= 11 is 0. The highest BCUT2D eigenvalue weighted by molar-refractivity contribution is 5.96. The summed E-state index contributed by atoms with van der Waals surface area (Å²) in [5, 5.41) is 6.05. The summed E-state index contributed by atoms with van der Waals surface area (Å²) in [5.74, 6) is 0.0755. The summed E-state index contributed by atoms with van der Waals surface area (Å²) < 4.78 is 0. The van der Waals surface area contributed by atoms with E-state index < -0.39 is 5.41 Å². The highest BCUT2D eigenvalue weighted by Gasteiger charge is 2.32. The molecule has 0 spiro atoms. The van der Waals surface area contributed by atoms with Gasteiger partial charge in [-0.15, -0.1) is 0 Å². The SMILES string of the molecule is CNC(=O)C(C)(C)CNC1CC(=O)N(C)c2ccccc21. The molecule has 0 aromatic heterocycles. The molecule has 1 unspecified atom stereocenters. The van der Waals surface area contributed by atoms with Crippen LogP contribution in [-0.4, -0.2) is 32.5 Å². The van der Waals surface area contributed by atoms with Crippen molar-refractivity contribution in [1.82, 2.24) is 10.6 Å². The van der Waals surface area contributed by atoms with Gasteiger partial charge in [0.1, 0.15) is 0 Å². The van der Waals surface area contributed by atoms with E-state index in [1.54, 1.807) is 19.0 Å². The van der Waals surface area contributed by atoms with E-state index in [2.05, 4.69) is 10.6 Å². The van der Waals surface area contributed by atoms with E-state index in [9.17, 15) is 9.59 Å². The fourth-order valence-corrected chi connectivity index (χ4v) is 2.62. The average molecular weight is 289 g/mol. The third kappa shape index (κ3) is 3.08. The lowest BCUT2D eigenvalue weighted by Gasteiger charge is -2.34. The van der Waals surface area contributed by atoms with E-state index in [0.717, 1.165) is 11.3 Å². The van der Waals surface area contributed by atoms with Gasteiger partial charge < -0.3 is 15.5 Å². The largest absolute Gasteiger partial charge is 0.359 e. The van der Waals surface area contributed by atoms with Gasteiger partial charge in [0, 0.05) is 38.8 Å². The molecular weight excluding hydrogens is 266 g/mol. The molecule has 1 aromatic carbocycles. The predicted molar refractivity (Wildman–Crippen MR) is 83.1 cm³/mol. The zero-order valence-electron chi connectivity index (χ0n) is 13.1. The second kappa shape index (κ2) is 5.85. The Labute approximate surface area is 125 Å². The van der Waals surface area contributed by atoms with Crippen molar-refractivity contribution in [2.75, 3.05) is 25.5 Å². The number of para-hydroxylation sites is 1. The minimum absolute atomic E-state index is 0.0115. The van der Waals surface area contributed by atoms with Crippen LogP contribution in [0.3, 0.4) is 0 Å². The van der Waals surface area contributed by atoms with Gasteiger partial charge >= 0.3 is 0 Å². The number of rotatable bonds is 4. The molecule has 2 rings (SSSR count). The van der Waals surface area contributed by atoms with Crippen LogP contribution in [0.5, 0.6) is 0 Å². The van der Waals surface area contributed by atoms with Crippen LogP contribution >= 0.6 is 0 Å². The van der Waals surface area contributed by atoms with Crippen molar-refractivity contribution >= 4 is 17.5 Å². The fraction of sp³-hybridized carbons (Fsp3) is 0.500. The summed E-state index contributed by atoms with van der Waals surface area (Å²) in [6.45, 7) is 4.30. The van der Waals surface area contributed by atoms with Crippen molar-refractivity contribution in [3.63, 3.8) is 0 Å². The second-order valence-corrected chi connectivity index (χ2v) is 6.11. The van der Waals surface area contributed by atoms with Crippen molar-refractivity contribution in [3.8, 4) is 0 Å². The quantitative estimate of drug-likeness (QED) is 0.882. The highest BCUT2D eigenvalue weighted by atomic mass is 16.2. The van der Waals surface area contributed by atoms with E-state index in [1.165, 1.54) is 0 Å². The molecule has 0 fully saturated rings. The van der Waals surface area contributed by atoms with Gasteiger partial charge in [0.2, 0.25) is 11.8 Å². The van der Waals surface area contributed by atoms with Crippen molar-refractivity contribution in [2.24, 2.45) is 5.41 Å². The minimum atomic E-state index is -0.518. The van der Waals surface area contributed by atoms with Gasteiger partial charge in [0.05, 0.1) is 5.41 Å². The number of nitrogens with zero attached hydrogens (tertiary/aromatic N) is 1. The maximum atomic E-state index is 12.1. The number of benzene rings is 1. The third-order valence-electron chi connectivity index (χ3n) is 4.06. The molecule has 1 aliphatic heterocycles. The summed E-state index contributed by atoms with van der Waals surface area (Å²) in [5.41, 5.74) is 1.52. The van der Waals surface area contributed by atoms with Gasteiger partial charge in [-0.25, -0.2) is 0 Å². The van der Waals surface area contributed by atoms with Crippen LogP contribution in [0, 0.1) is 5.41 Å². The van der Waals surface area contributed by atoms with Gasteiger partial charge in [-0.1, -0.05) is 18.2 Å². The molecule has 1 aliphatic rings. The Bertz CT molecular complexity index is 554. The minimum Gasteiger partial charge on any atom is -0.359 e. The van der Waals surface area contributed by atoms with E-state index in [0.29, 0.717) is 13.0 Å². The Balaban J connectivity index is 2.16. The number of nitrogens with one attached hydrogen (secondary N) is 2. The zero-order valence-corrected chi connectivity index (χ0v) is 13.1. The van der Waals surface area contributed by atoms with E-state index in [-0.39, 0.29) is 17.9 Å². The first-order valence-corrected chi connectivity index (χ1v) is 7.18. The molecule has 21 heavy (non-hydrogen) atoms. The third-order valence-corrected chi connectivity index (χ3v) is 4.06. The van der Waals surface area contributed by atoms with Crippen molar-refractivity contribution in [3.05, 3.63) is 29.8 Å². The summed E-state index contributed by atoms with van der Waals surface area (Å²) in [6, 6.07) is 7.84. The van der Waals surface area contributed by atoms with Crippen LogP contribution in [0.25, 0.3) is 0 Å². The van der Waals surface area contributed by atoms with Gasteiger partial charge in [-0.05, 0) is 25.5 Å². The summed E-state index contributed by atoms with van der Waals surface area (Å²) in [7, 11) is 3.43. The fourth-order valence-electron chi connectivity index (χ4n) is 2.62. The first-order chi connectivity index (χ1) is 9.86.